The van der Waals surface area contributed by atoms with Gasteiger partial charge in [0.2, 0.25) is 0 Å². The molecule has 2 aromatic heterocycles. The van der Waals surface area contributed by atoms with Crippen LogP contribution in [-0.4, -0.2) is 31.8 Å². The van der Waals surface area contributed by atoms with Gasteiger partial charge in [0.15, 0.2) is 0 Å². The van der Waals surface area contributed by atoms with E-state index in [1.807, 2.05) is 32.0 Å². The van der Waals surface area contributed by atoms with Crippen LogP contribution in [0.15, 0.2) is 47.5 Å². The molecule has 0 aliphatic heterocycles. The van der Waals surface area contributed by atoms with E-state index in [9.17, 15) is 14.0 Å². The summed E-state index contributed by atoms with van der Waals surface area (Å²) in [5, 5.41) is 0. The van der Waals surface area contributed by atoms with Crippen LogP contribution in [0.1, 0.15) is 19.4 Å². The van der Waals surface area contributed by atoms with E-state index in [0.29, 0.717) is 30.0 Å². The summed E-state index contributed by atoms with van der Waals surface area (Å²) in [5.41, 5.74) is 4.96. The largest absolute Gasteiger partial charge is 0.468 e. The average molecular weight is 436 g/mol. The molecule has 32 heavy (non-hydrogen) atoms. The third-order valence-corrected chi connectivity index (χ3v) is 5.72. The van der Waals surface area contributed by atoms with Crippen molar-refractivity contribution in [3.63, 3.8) is 0 Å². The molecule has 2 aromatic carbocycles. The lowest BCUT2D eigenvalue weighted by molar-refractivity contribution is -0.141. The number of ether oxygens (including phenoxy) is 1. The number of carbonyl (C=O) groups is 1. The SMILES string of the molecule is CCn1c(=O)n(CC)c2cc(-c3c(-c4ccc(F)c(C)c4)ncn3CC(=O)OC)ccc21. The van der Waals surface area contributed by atoms with E-state index in [4.69, 9.17) is 4.74 Å². The van der Waals surface area contributed by atoms with E-state index in [0.717, 1.165) is 22.2 Å². The number of carbonyl (C=O) groups excluding carboxylic acids is 1. The zero-order chi connectivity index (χ0) is 23.0. The summed E-state index contributed by atoms with van der Waals surface area (Å²) >= 11 is 0. The maximum absolute atomic E-state index is 13.9. The molecule has 0 saturated carbocycles. The summed E-state index contributed by atoms with van der Waals surface area (Å²) in [7, 11) is 1.34. The predicted octanol–water partition coefficient (Wildman–Crippen LogP) is 3.99. The van der Waals surface area contributed by atoms with Crippen molar-refractivity contribution in [3.05, 3.63) is 64.6 Å². The van der Waals surface area contributed by atoms with Crippen LogP contribution in [0.3, 0.4) is 0 Å². The minimum Gasteiger partial charge on any atom is -0.468 e. The number of hydrogen-bond acceptors (Lipinski definition) is 4. The zero-order valence-corrected chi connectivity index (χ0v) is 18.6. The number of aromatic nitrogens is 4. The van der Waals surface area contributed by atoms with Crippen molar-refractivity contribution in [2.75, 3.05) is 7.11 Å². The van der Waals surface area contributed by atoms with Gasteiger partial charge in [-0.1, -0.05) is 6.07 Å². The molecule has 0 aliphatic carbocycles. The van der Waals surface area contributed by atoms with Gasteiger partial charge in [0, 0.05) is 24.2 Å². The molecule has 0 amide bonds. The second-order valence-electron chi connectivity index (χ2n) is 7.58. The lowest BCUT2D eigenvalue weighted by Crippen LogP contribution is -2.23. The van der Waals surface area contributed by atoms with Crippen LogP contribution in [0, 0.1) is 12.7 Å². The zero-order valence-electron chi connectivity index (χ0n) is 18.6. The van der Waals surface area contributed by atoms with E-state index in [1.54, 1.807) is 39.1 Å². The van der Waals surface area contributed by atoms with E-state index < -0.39 is 5.97 Å². The summed E-state index contributed by atoms with van der Waals surface area (Å²) < 4.78 is 23.9. The molecule has 8 heteroatoms. The quantitative estimate of drug-likeness (QED) is 0.429. The van der Waals surface area contributed by atoms with E-state index in [1.165, 1.54) is 13.2 Å². The van der Waals surface area contributed by atoms with Crippen LogP contribution in [0.4, 0.5) is 4.39 Å². The van der Waals surface area contributed by atoms with Gasteiger partial charge in [-0.25, -0.2) is 14.2 Å². The van der Waals surface area contributed by atoms with Crippen molar-refractivity contribution in [1.82, 2.24) is 18.7 Å². The highest BCUT2D eigenvalue weighted by Crippen LogP contribution is 2.33. The van der Waals surface area contributed by atoms with E-state index >= 15 is 0 Å². The molecule has 0 N–H and O–H groups in total. The first-order valence-electron chi connectivity index (χ1n) is 10.5. The Bertz CT molecular complexity index is 1380. The van der Waals surface area contributed by atoms with Gasteiger partial charge in [0.05, 0.1) is 35.9 Å². The van der Waals surface area contributed by atoms with Crippen LogP contribution in [-0.2, 0) is 29.2 Å². The highest BCUT2D eigenvalue weighted by molar-refractivity contribution is 5.87. The highest BCUT2D eigenvalue weighted by atomic mass is 19.1. The molecular formula is C24H25FN4O3. The van der Waals surface area contributed by atoms with Crippen LogP contribution in [0.5, 0.6) is 0 Å². The third kappa shape index (κ3) is 3.51. The number of imidazole rings is 2. The van der Waals surface area contributed by atoms with Crippen LogP contribution in [0.2, 0.25) is 0 Å². The Kier molecular flexibility index (Phi) is 5.69. The van der Waals surface area contributed by atoms with Crippen molar-refractivity contribution in [2.24, 2.45) is 0 Å². The lowest BCUT2D eigenvalue weighted by atomic mass is 10.0. The predicted molar refractivity (Wildman–Crippen MR) is 121 cm³/mol. The molecule has 0 spiro atoms. The number of benzene rings is 2. The van der Waals surface area contributed by atoms with E-state index in [-0.39, 0.29) is 18.1 Å². The number of hydrogen-bond donors (Lipinski definition) is 0. The Balaban J connectivity index is 1.97. The van der Waals surface area contributed by atoms with Gasteiger partial charge in [-0.15, -0.1) is 0 Å². The molecule has 166 valence electrons. The Morgan fingerprint density at radius 3 is 2.38 bits per heavy atom. The number of esters is 1. The first-order valence-corrected chi connectivity index (χ1v) is 10.5. The summed E-state index contributed by atoms with van der Waals surface area (Å²) in [6.07, 6.45) is 1.58. The highest BCUT2D eigenvalue weighted by Gasteiger charge is 2.20. The van der Waals surface area contributed by atoms with Crippen molar-refractivity contribution in [1.29, 1.82) is 0 Å². The molecule has 2 heterocycles. The number of halogens is 1. The molecule has 7 nitrogen and oxygen atoms in total. The summed E-state index contributed by atoms with van der Waals surface area (Å²) in [5.74, 6) is -0.701. The minimum absolute atomic E-state index is 0.0202. The third-order valence-electron chi connectivity index (χ3n) is 5.72. The fourth-order valence-electron chi connectivity index (χ4n) is 4.09. The standard InChI is InChI=1S/C24H25FN4O3/c1-5-28-19-10-8-17(12-20(19)29(6-2)24(28)31)23-22(16-7-9-18(25)15(3)11-16)26-14-27(23)13-21(30)32-4/h7-12,14H,5-6,13H2,1-4H3. The van der Waals surface area contributed by atoms with Crippen LogP contribution in [0.25, 0.3) is 33.5 Å². The molecule has 0 bridgehead atoms. The van der Waals surface area contributed by atoms with Crippen molar-refractivity contribution in [2.45, 2.75) is 40.4 Å². The molecular weight excluding hydrogens is 411 g/mol. The Morgan fingerprint density at radius 2 is 1.72 bits per heavy atom. The maximum Gasteiger partial charge on any atom is 0.329 e. The van der Waals surface area contributed by atoms with Gasteiger partial charge < -0.3 is 9.30 Å². The first-order chi connectivity index (χ1) is 15.4. The molecule has 4 rings (SSSR count). The topological polar surface area (TPSA) is 71.0 Å². The average Bonchev–Trinajstić information content (AvgIpc) is 3.32. The number of nitrogens with zero attached hydrogens (tertiary/aromatic N) is 4. The summed E-state index contributed by atoms with van der Waals surface area (Å²) in [6.45, 7) is 6.66. The molecule has 4 aromatic rings. The second kappa shape index (κ2) is 8.45. The van der Waals surface area contributed by atoms with Crippen molar-refractivity contribution in [3.8, 4) is 22.5 Å². The Morgan fingerprint density at radius 1 is 1.03 bits per heavy atom. The van der Waals surface area contributed by atoms with Gasteiger partial charge in [-0.2, -0.15) is 0 Å². The monoisotopic (exact) mass is 436 g/mol. The smallest absolute Gasteiger partial charge is 0.329 e. The molecule has 0 aliphatic rings. The van der Waals surface area contributed by atoms with Crippen LogP contribution < -0.4 is 5.69 Å². The molecule has 0 atom stereocenters. The summed E-state index contributed by atoms with van der Waals surface area (Å²) in [4.78, 5) is 29.4. The minimum atomic E-state index is -0.408. The van der Waals surface area contributed by atoms with E-state index in [2.05, 4.69) is 4.98 Å². The van der Waals surface area contributed by atoms with Gasteiger partial charge in [-0.3, -0.25) is 13.9 Å². The molecule has 0 radical (unpaired) electrons. The lowest BCUT2D eigenvalue weighted by Gasteiger charge is -2.11. The van der Waals surface area contributed by atoms with Gasteiger partial charge in [-0.05, 0) is 56.7 Å². The second-order valence-corrected chi connectivity index (χ2v) is 7.58. The van der Waals surface area contributed by atoms with Crippen LogP contribution >= 0.6 is 0 Å². The van der Waals surface area contributed by atoms with Crippen molar-refractivity contribution < 1.29 is 13.9 Å². The number of aryl methyl sites for hydroxylation is 3. The number of methoxy groups -OCH3 is 1. The van der Waals surface area contributed by atoms with Gasteiger partial charge in [0.1, 0.15) is 12.4 Å². The molecule has 0 fully saturated rings. The normalized spacial score (nSPS) is 11.3. The van der Waals surface area contributed by atoms with Crippen molar-refractivity contribution >= 4 is 17.0 Å². The number of fused-ring (bicyclic) bond motifs is 1. The maximum atomic E-state index is 13.9. The van der Waals surface area contributed by atoms with Gasteiger partial charge in [0.25, 0.3) is 0 Å². The summed E-state index contributed by atoms with van der Waals surface area (Å²) in [6, 6.07) is 10.6. The fraction of sp³-hybridized carbons (Fsp3) is 0.292. The molecule has 0 saturated heterocycles. The Labute approximate surface area is 184 Å². The fourth-order valence-corrected chi connectivity index (χ4v) is 4.09. The first kappa shape index (κ1) is 21.5. The Hall–Kier alpha value is -3.68. The number of rotatable bonds is 6. The molecule has 0 unspecified atom stereocenters. The van der Waals surface area contributed by atoms with Gasteiger partial charge >= 0.3 is 11.7 Å².